The number of hydrogen-bond acceptors (Lipinski definition) is 4. The molecule has 2 nitrogen and oxygen atoms in total. The SMILES string of the molecule is CC(C)(C)c1cc(-c2ccccc2)cc(-c2ccc3c(c2)B2c4ccccc4N(c4c(-c5cccc6oc7ccccc7c56)cccc4-c4cccc5sc6ccccc6c45)c4cc(-c5cc(-c6ccccc6)cc(C(C)(C)C)c5)cc(c42)S3)c1. The topological polar surface area (TPSA) is 16.4 Å². The molecule has 0 saturated carbocycles. The molecule has 0 atom stereocenters. The summed E-state index contributed by atoms with van der Waals surface area (Å²) in [6, 6.07) is 95.9. The van der Waals surface area contributed by atoms with Crippen LogP contribution in [0.15, 0.2) is 269 Å². The molecule has 0 fully saturated rings. The largest absolute Gasteiger partial charge is 0.456 e. The number of anilines is 3. The Labute approximate surface area is 506 Å². The zero-order valence-corrected chi connectivity index (χ0v) is 50.1. The maximum Gasteiger partial charge on any atom is 0.249 e. The molecule has 0 bridgehead atoms. The Morgan fingerprint density at radius 1 is 0.353 bits per heavy atom. The van der Waals surface area contributed by atoms with Crippen LogP contribution >= 0.6 is 23.1 Å². The van der Waals surface area contributed by atoms with Crippen LogP contribution in [0.25, 0.3) is 109 Å². The van der Waals surface area contributed by atoms with Gasteiger partial charge in [0.25, 0.3) is 0 Å². The molecule has 0 unspecified atom stereocenters. The molecule has 2 aromatic heterocycles. The highest BCUT2D eigenvalue weighted by molar-refractivity contribution is 8.00. The molecular formula is C80H60BNOS2. The maximum atomic E-state index is 6.73. The quantitative estimate of drug-likeness (QED) is 0.148. The van der Waals surface area contributed by atoms with E-state index in [4.69, 9.17) is 4.42 Å². The van der Waals surface area contributed by atoms with Crippen molar-refractivity contribution in [2.75, 3.05) is 4.90 Å². The van der Waals surface area contributed by atoms with E-state index in [1.807, 2.05) is 23.1 Å². The van der Waals surface area contributed by atoms with Gasteiger partial charge in [-0.15, -0.1) is 11.3 Å². The molecule has 4 heterocycles. The van der Waals surface area contributed by atoms with E-state index in [2.05, 4.69) is 301 Å². The fraction of sp³-hybridized carbons (Fsp3) is 0.100. The summed E-state index contributed by atoms with van der Waals surface area (Å²) in [6.07, 6.45) is 0. The molecule has 2 aliphatic heterocycles. The average Bonchev–Trinajstić information content (AvgIpc) is 1.26. The van der Waals surface area contributed by atoms with Gasteiger partial charge in [0, 0.05) is 63.2 Å². The van der Waals surface area contributed by atoms with Crippen LogP contribution in [0.2, 0.25) is 0 Å². The number of furan rings is 1. The first kappa shape index (κ1) is 51.5. The van der Waals surface area contributed by atoms with Crippen molar-refractivity contribution in [3.63, 3.8) is 0 Å². The van der Waals surface area contributed by atoms with Crippen molar-refractivity contribution in [1.29, 1.82) is 0 Å². The molecule has 406 valence electrons. The highest BCUT2D eigenvalue weighted by atomic mass is 32.2. The number of hydrogen-bond donors (Lipinski definition) is 0. The predicted molar refractivity (Wildman–Crippen MR) is 367 cm³/mol. The minimum absolute atomic E-state index is 0.0530. The summed E-state index contributed by atoms with van der Waals surface area (Å²) in [5.74, 6) is 0. The number of fused-ring (bicyclic) bond motifs is 10. The van der Waals surface area contributed by atoms with Crippen molar-refractivity contribution in [1.82, 2.24) is 0 Å². The zero-order chi connectivity index (χ0) is 57.3. The zero-order valence-electron chi connectivity index (χ0n) is 48.5. The van der Waals surface area contributed by atoms with Crippen LogP contribution in [0.1, 0.15) is 52.7 Å². The van der Waals surface area contributed by atoms with Gasteiger partial charge in [0.05, 0.1) is 5.69 Å². The van der Waals surface area contributed by atoms with Crippen LogP contribution in [-0.2, 0) is 10.8 Å². The normalized spacial score (nSPS) is 13.0. The first-order chi connectivity index (χ1) is 41.4. The highest BCUT2D eigenvalue weighted by Crippen LogP contribution is 2.54. The van der Waals surface area contributed by atoms with Crippen molar-refractivity contribution >= 4 is 105 Å². The Balaban J connectivity index is 1.01. The Kier molecular flexibility index (Phi) is 12.0. The predicted octanol–water partition coefficient (Wildman–Crippen LogP) is 21.3. The van der Waals surface area contributed by atoms with Crippen LogP contribution in [0.3, 0.4) is 0 Å². The minimum atomic E-state index is -0.100. The van der Waals surface area contributed by atoms with E-state index in [0.717, 1.165) is 38.8 Å². The van der Waals surface area contributed by atoms with Crippen LogP contribution in [0.4, 0.5) is 17.1 Å². The van der Waals surface area contributed by atoms with E-state index >= 15 is 0 Å². The molecule has 0 aliphatic carbocycles. The summed E-state index contributed by atoms with van der Waals surface area (Å²) < 4.78 is 9.29. The van der Waals surface area contributed by atoms with Gasteiger partial charge in [0.1, 0.15) is 11.2 Å². The monoisotopic (exact) mass is 1130 g/mol. The fourth-order valence-corrected chi connectivity index (χ4v) is 15.9. The number of nitrogens with zero attached hydrogens (tertiary/aromatic N) is 1. The van der Waals surface area contributed by atoms with Gasteiger partial charge < -0.3 is 9.32 Å². The third-order valence-corrected chi connectivity index (χ3v) is 20.1. The molecule has 0 spiro atoms. The van der Waals surface area contributed by atoms with Crippen molar-refractivity contribution in [3.8, 4) is 66.8 Å². The highest BCUT2D eigenvalue weighted by Gasteiger charge is 2.43. The second-order valence-corrected chi connectivity index (χ2v) is 27.3. The van der Waals surface area contributed by atoms with E-state index < -0.39 is 0 Å². The number of benzene rings is 12. The van der Waals surface area contributed by atoms with E-state index in [-0.39, 0.29) is 17.5 Å². The van der Waals surface area contributed by atoms with Gasteiger partial charge in [-0.3, -0.25) is 0 Å². The lowest BCUT2D eigenvalue weighted by Crippen LogP contribution is -2.59. The third kappa shape index (κ3) is 8.61. The summed E-state index contributed by atoms with van der Waals surface area (Å²) in [6.45, 7) is 13.9. The smallest absolute Gasteiger partial charge is 0.249 e. The summed E-state index contributed by atoms with van der Waals surface area (Å²) in [4.78, 5) is 5.23. The Hall–Kier alpha value is -9.13. The summed E-state index contributed by atoms with van der Waals surface area (Å²) in [7, 11) is 0. The molecule has 14 aromatic rings. The fourth-order valence-electron chi connectivity index (χ4n) is 13.6. The van der Waals surface area contributed by atoms with Crippen molar-refractivity contribution in [3.05, 3.63) is 266 Å². The van der Waals surface area contributed by atoms with Crippen LogP contribution in [0.5, 0.6) is 0 Å². The lowest BCUT2D eigenvalue weighted by Gasteiger charge is -2.42. The summed E-state index contributed by atoms with van der Waals surface area (Å²) in [5.41, 5.74) is 26.0. The maximum absolute atomic E-state index is 6.73. The Bertz CT molecular complexity index is 4890. The van der Waals surface area contributed by atoms with Gasteiger partial charge in [-0.05, 0) is 149 Å². The van der Waals surface area contributed by atoms with Gasteiger partial charge in [0.15, 0.2) is 0 Å². The molecule has 12 aromatic carbocycles. The average molecular weight is 1130 g/mol. The molecule has 5 heteroatoms. The van der Waals surface area contributed by atoms with Crippen molar-refractivity contribution in [2.45, 2.75) is 62.2 Å². The van der Waals surface area contributed by atoms with E-state index in [1.54, 1.807) is 0 Å². The van der Waals surface area contributed by atoms with Gasteiger partial charge in [0.2, 0.25) is 6.71 Å². The molecule has 2 aliphatic rings. The molecule has 85 heavy (non-hydrogen) atoms. The molecule has 16 rings (SSSR count). The number of rotatable bonds is 7. The molecule has 0 radical (unpaired) electrons. The number of para-hydroxylation sites is 3. The van der Waals surface area contributed by atoms with Gasteiger partial charge in [-0.25, -0.2) is 0 Å². The van der Waals surface area contributed by atoms with Gasteiger partial charge in [-0.1, -0.05) is 253 Å². The standard InChI is InChI=1S/C80H60BNOS2/c1-79(2,3)57-42-52(49-22-9-7-10-23-49)40-54(44-57)51-38-39-72-66(46-51)81-65-32-15-16-33-67(65)82(68-47-56(48-74(85-72)77(68)81)55-41-53(50-24-11-8-12-25-50)43-58(45-55)80(4,5)6)78-61(59-28-20-35-70-75(59)63-26-13-17-34-69(63)83-70)30-19-31-62(78)60-29-21-37-73-76(60)64-27-14-18-36-71(64)84-73/h7-48H,1-6H3. The Morgan fingerprint density at radius 2 is 0.882 bits per heavy atom. The molecular weight excluding hydrogens is 1070 g/mol. The molecule has 0 amide bonds. The van der Waals surface area contributed by atoms with E-state index in [1.165, 1.54) is 124 Å². The van der Waals surface area contributed by atoms with Crippen LogP contribution < -0.4 is 21.3 Å². The first-order valence-electron chi connectivity index (χ1n) is 29.7. The lowest BCUT2D eigenvalue weighted by atomic mass is 9.34. The molecule has 0 N–H and O–H groups in total. The number of thiophene rings is 1. The van der Waals surface area contributed by atoms with E-state index in [0.29, 0.717) is 0 Å². The van der Waals surface area contributed by atoms with Gasteiger partial charge >= 0.3 is 0 Å². The third-order valence-electron chi connectivity index (χ3n) is 17.8. The van der Waals surface area contributed by atoms with Crippen LogP contribution in [-0.4, -0.2) is 6.71 Å². The Morgan fingerprint density at radius 3 is 1.58 bits per heavy atom. The first-order valence-corrected chi connectivity index (χ1v) is 31.3. The minimum Gasteiger partial charge on any atom is -0.456 e. The summed E-state index contributed by atoms with van der Waals surface area (Å²) in [5, 5.41) is 4.78. The lowest BCUT2D eigenvalue weighted by molar-refractivity contribution is 0.590. The van der Waals surface area contributed by atoms with Crippen molar-refractivity contribution < 1.29 is 4.42 Å². The summed E-state index contributed by atoms with van der Waals surface area (Å²) >= 11 is 3.80. The van der Waals surface area contributed by atoms with E-state index in [9.17, 15) is 0 Å². The van der Waals surface area contributed by atoms with Crippen LogP contribution in [0, 0.1) is 0 Å². The van der Waals surface area contributed by atoms with Gasteiger partial charge in [-0.2, -0.15) is 0 Å². The van der Waals surface area contributed by atoms with Crippen molar-refractivity contribution in [2.24, 2.45) is 0 Å². The second-order valence-electron chi connectivity index (χ2n) is 25.2. The second kappa shape index (κ2) is 19.7. The molecule has 0 saturated heterocycles.